The van der Waals surface area contributed by atoms with E-state index < -0.39 is 0 Å². The van der Waals surface area contributed by atoms with E-state index in [0.29, 0.717) is 41.6 Å². The second kappa shape index (κ2) is 8.60. The van der Waals surface area contributed by atoms with Gasteiger partial charge in [-0.05, 0) is 35.4 Å². The van der Waals surface area contributed by atoms with Gasteiger partial charge < -0.3 is 14.8 Å². The standard InChI is InChI=1S/C18H23N5O3S/c24-17(19-13-7-8-15-16(11-13)26-10-4-9-25-15)12-27-18-20-21-22-23(18)14-5-2-1-3-6-14/h7-8,11,14H,1-6,9-10,12H2,(H,19,24). The highest BCUT2D eigenvalue weighted by Crippen LogP contribution is 2.33. The van der Waals surface area contributed by atoms with Crippen LogP contribution in [0.3, 0.4) is 0 Å². The average molecular weight is 389 g/mol. The van der Waals surface area contributed by atoms with Crippen LogP contribution in [0.25, 0.3) is 0 Å². The van der Waals surface area contributed by atoms with Gasteiger partial charge in [0.05, 0.1) is 25.0 Å². The predicted molar refractivity (Wildman–Crippen MR) is 101 cm³/mol. The molecule has 0 spiro atoms. The molecule has 1 aromatic heterocycles. The third kappa shape index (κ3) is 4.52. The van der Waals surface area contributed by atoms with Crippen molar-refractivity contribution in [3.63, 3.8) is 0 Å². The lowest BCUT2D eigenvalue weighted by Crippen LogP contribution is -2.17. The van der Waals surface area contributed by atoms with Crippen LogP contribution in [-0.2, 0) is 4.79 Å². The summed E-state index contributed by atoms with van der Waals surface area (Å²) in [5, 5.41) is 15.6. The summed E-state index contributed by atoms with van der Waals surface area (Å²) in [4.78, 5) is 12.3. The fourth-order valence-corrected chi connectivity index (χ4v) is 4.15. The molecule has 2 aromatic rings. The number of hydrogen-bond donors (Lipinski definition) is 1. The monoisotopic (exact) mass is 389 g/mol. The fraction of sp³-hybridized carbons (Fsp3) is 0.556. The van der Waals surface area contributed by atoms with Crippen molar-refractivity contribution in [2.45, 2.75) is 49.7 Å². The van der Waals surface area contributed by atoms with Gasteiger partial charge >= 0.3 is 0 Å². The molecule has 2 aliphatic rings. The van der Waals surface area contributed by atoms with E-state index in [1.807, 2.05) is 16.8 Å². The van der Waals surface area contributed by atoms with Gasteiger partial charge in [-0.25, -0.2) is 4.68 Å². The van der Waals surface area contributed by atoms with Gasteiger partial charge in [0.15, 0.2) is 11.5 Å². The highest BCUT2D eigenvalue weighted by molar-refractivity contribution is 7.99. The number of benzene rings is 1. The Morgan fingerprint density at radius 3 is 2.81 bits per heavy atom. The van der Waals surface area contributed by atoms with Crippen molar-refractivity contribution in [1.82, 2.24) is 20.2 Å². The third-order valence-corrected chi connectivity index (χ3v) is 5.68. The van der Waals surface area contributed by atoms with Crippen LogP contribution < -0.4 is 14.8 Å². The highest BCUT2D eigenvalue weighted by atomic mass is 32.2. The lowest BCUT2D eigenvalue weighted by Gasteiger charge is -2.21. The molecule has 1 amide bonds. The molecule has 0 atom stereocenters. The summed E-state index contributed by atoms with van der Waals surface area (Å²) in [6.07, 6.45) is 6.74. The number of tetrazole rings is 1. The maximum absolute atomic E-state index is 12.3. The summed E-state index contributed by atoms with van der Waals surface area (Å²) in [6.45, 7) is 1.26. The highest BCUT2D eigenvalue weighted by Gasteiger charge is 2.21. The van der Waals surface area contributed by atoms with Gasteiger partial charge in [0.25, 0.3) is 0 Å². The molecule has 1 aliphatic heterocycles. The van der Waals surface area contributed by atoms with Crippen LogP contribution in [0, 0.1) is 0 Å². The van der Waals surface area contributed by atoms with Gasteiger partial charge in [-0.2, -0.15) is 0 Å². The van der Waals surface area contributed by atoms with Crippen molar-refractivity contribution in [3.8, 4) is 11.5 Å². The number of carbonyl (C=O) groups excluding carboxylic acids is 1. The van der Waals surface area contributed by atoms with Gasteiger partial charge in [0.1, 0.15) is 0 Å². The van der Waals surface area contributed by atoms with E-state index in [9.17, 15) is 4.79 Å². The molecule has 1 fully saturated rings. The van der Waals surface area contributed by atoms with E-state index in [0.717, 1.165) is 19.3 Å². The minimum absolute atomic E-state index is 0.104. The molecular weight excluding hydrogens is 366 g/mol. The molecule has 144 valence electrons. The zero-order valence-corrected chi connectivity index (χ0v) is 15.9. The number of nitrogens with one attached hydrogen (secondary N) is 1. The van der Waals surface area contributed by atoms with E-state index in [2.05, 4.69) is 20.8 Å². The number of nitrogens with zero attached hydrogens (tertiary/aromatic N) is 4. The Hall–Kier alpha value is -2.29. The number of aromatic nitrogens is 4. The van der Waals surface area contributed by atoms with E-state index in [1.54, 1.807) is 6.07 Å². The lowest BCUT2D eigenvalue weighted by molar-refractivity contribution is -0.113. The molecule has 0 unspecified atom stereocenters. The zero-order chi connectivity index (χ0) is 18.5. The number of anilines is 1. The molecule has 1 aromatic carbocycles. The van der Waals surface area contributed by atoms with E-state index in [-0.39, 0.29) is 11.7 Å². The van der Waals surface area contributed by atoms with Gasteiger partial charge in [-0.15, -0.1) is 5.10 Å². The molecule has 1 N–H and O–H groups in total. The van der Waals surface area contributed by atoms with E-state index in [4.69, 9.17) is 9.47 Å². The van der Waals surface area contributed by atoms with Gasteiger partial charge in [0.2, 0.25) is 11.1 Å². The third-order valence-electron chi connectivity index (χ3n) is 4.75. The van der Waals surface area contributed by atoms with Crippen LogP contribution >= 0.6 is 11.8 Å². The molecule has 4 rings (SSSR count). The fourth-order valence-electron chi connectivity index (χ4n) is 3.40. The summed E-state index contributed by atoms with van der Waals surface area (Å²) < 4.78 is 13.1. The van der Waals surface area contributed by atoms with Crippen LogP contribution in [0.1, 0.15) is 44.6 Å². The van der Waals surface area contributed by atoms with E-state index in [1.165, 1.54) is 31.0 Å². The summed E-state index contributed by atoms with van der Waals surface area (Å²) in [7, 11) is 0. The van der Waals surface area contributed by atoms with Gasteiger partial charge in [-0.1, -0.05) is 31.0 Å². The first-order valence-electron chi connectivity index (χ1n) is 9.40. The Kier molecular flexibility index (Phi) is 5.76. The molecule has 0 saturated heterocycles. The Balaban J connectivity index is 1.34. The number of ether oxygens (including phenoxy) is 2. The summed E-state index contributed by atoms with van der Waals surface area (Å²) >= 11 is 1.37. The predicted octanol–water partition coefficient (Wildman–Crippen LogP) is 3.07. The first-order valence-corrected chi connectivity index (χ1v) is 10.4. The Bertz CT molecular complexity index is 791. The summed E-state index contributed by atoms with van der Waals surface area (Å²) in [5.74, 6) is 1.53. The van der Waals surface area contributed by atoms with Crippen molar-refractivity contribution in [2.24, 2.45) is 0 Å². The zero-order valence-electron chi connectivity index (χ0n) is 15.1. The Morgan fingerprint density at radius 1 is 1.15 bits per heavy atom. The SMILES string of the molecule is O=C(CSc1nnnn1C1CCCCC1)Nc1ccc2c(c1)OCCCO2. The molecule has 2 heterocycles. The summed E-state index contributed by atoms with van der Waals surface area (Å²) in [6, 6.07) is 5.80. The van der Waals surface area contributed by atoms with Crippen molar-refractivity contribution in [3.05, 3.63) is 18.2 Å². The molecule has 27 heavy (non-hydrogen) atoms. The number of amides is 1. The molecular formula is C18H23N5O3S. The van der Waals surface area contributed by atoms with Crippen LogP contribution in [0.5, 0.6) is 11.5 Å². The van der Waals surface area contributed by atoms with Crippen molar-refractivity contribution in [1.29, 1.82) is 0 Å². The van der Waals surface area contributed by atoms with Gasteiger partial charge in [-0.3, -0.25) is 4.79 Å². The summed E-state index contributed by atoms with van der Waals surface area (Å²) in [5.41, 5.74) is 0.691. The van der Waals surface area contributed by atoms with E-state index >= 15 is 0 Å². The first kappa shape index (κ1) is 18.1. The number of thioether (sulfide) groups is 1. The normalized spacial score (nSPS) is 17.3. The minimum atomic E-state index is -0.104. The van der Waals surface area contributed by atoms with Gasteiger partial charge in [0, 0.05) is 18.2 Å². The smallest absolute Gasteiger partial charge is 0.234 e. The topological polar surface area (TPSA) is 91.2 Å². The molecule has 1 saturated carbocycles. The Labute approximate surface area is 162 Å². The second-order valence-corrected chi connectivity index (χ2v) is 7.69. The first-order chi connectivity index (χ1) is 13.3. The minimum Gasteiger partial charge on any atom is -0.490 e. The van der Waals surface area contributed by atoms with Crippen molar-refractivity contribution < 1.29 is 14.3 Å². The maximum Gasteiger partial charge on any atom is 0.234 e. The number of hydrogen-bond acceptors (Lipinski definition) is 7. The van der Waals surface area contributed by atoms with Crippen molar-refractivity contribution in [2.75, 3.05) is 24.3 Å². The molecule has 9 heteroatoms. The molecule has 0 radical (unpaired) electrons. The van der Waals surface area contributed by atoms with Crippen LogP contribution in [0.15, 0.2) is 23.4 Å². The van der Waals surface area contributed by atoms with Crippen LogP contribution in [0.4, 0.5) is 5.69 Å². The molecule has 8 nitrogen and oxygen atoms in total. The maximum atomic E-state index is 12.3. The van der Waals surface area contributed by atoms with Crippen LogP contribution in [-0.4, -0.2) is 45.1 Å². The Morgan fingerprint density at radius 2 is 1.96 bits per heavy atom. The number of carbonyl (C=O) groups is 1. The average Bonchev–Trinajstić information content (AvgIpc) is 3.04. The number of rotatable bonds is 5. The largest absolute Gasteiger partial charge is 0.490 e. The number of fused-ring (bicyclic) bond motifs is 1. The van der Waals surface area contributed by atoms with Crippen molar-refractivity contribution >= 4 is 23.4 Å². The second-order valence-electron chi connectivity index (χ2n) is 6.75. The quantitative estimate of drug-likeness (QED) is 0.786. The molecule has 0 bridgehead atoms. The van der Waals surface area contributed by atoms with Crippen LogP contribution in [0.2, 0.25) is 0 Å². The lowest BCUT2D eigenvalue weighted by atomic mass is 9.96. The molecule has 1 aliphatic carbocycles.